The summed E-state index contributed by atoms with van der Waals surface area (Å²) in [6.45, 7) is 1.89. The molecule has 0 bridgehead atoms. The molecule has 96 valence electrons. The molecule has 5 heteroatoms. The highest BCUT2D eigenvalue weighted by atomic mass is 35.5. The van der Waals surface area contributed by atoms with Crippen LogP contribution < -0.4 is 0 Å². The minimum Gasteiger partial charge on any atom is -0.259 e. The zero-order valence-corrected chi connectivity index (χ0v) is 12.1. The van der Waals surface area contributed by atoms with Crippen LogP contribution in [0.25, 0.3) is 0 Å². The van der Waals surface area contributed by atoms with E-state index in [4.69, 9.17) is 11.6 Å². The zero-order chi connectivity index (χ0) is 13.1. The molecule has 0 N–H and O–H groups in total. The van der Waals surface area contributed by atoms with Crippen LogP contribution >= 0.6 is 22.9 Å². The largest absolute Gasteiger partial charge is 0.259 e. The minimum atomic E-state index is -1.03. The van der Waals surface area contributed by atoms with Gasteiger partial charge in [0, 0.05) is 15.7 Å². The Hall–Kier alpha value is -0.710. The Morgan fingerprint density at radius 2 is 1.94 bits per heavy atom. The van der Waals surface area contributed by atoms with E-state index in [-0.39, 0.29) is 11.1 Å². The summed E-state index contributed by atoms with van der Waals surface area (Å²) in [5.41, 5.74) is 0.886. The fourth-order valence-corrected chi connectivity index (χ4v) is 4.13. The van der Waals surface area contributed by atoms with Gasteiger partial charge in [-0.05, 0) is 36.8 Å². The maximum absolute atomic E-state index is 12.8. The van der Waals surface area contributed by atoms with Crippen molar-refractivity contribution in [1.29, 1.82) is 0 Å². The van der Waals surface area contributed by atoms with Crippen LogP contribution in [0.15, 0.2) is 36.4 Å². The van der Waals surface area contributed by atoms with Gasteiger partial charge in [0.15, 0.2) is 0 Å². The summed E-state index contributed by atoms with van der Waals surface area (Å²) in [5, 5.41) is -0.119. The van der Waals surface area contributed by atoms with E-state index in [1.807, 2.05) is 13.0 Å². The molecule has 0 aliphatic heterocycles. The van der Waals surface area contributed by atoms with Gasteiger partial charge in [0.25, 0.3) is 0 Å². The summed E-state index contributed by atoms with van der Waals surface area (Å²) in [6.07, 6.45) is 0. The molecule has 1 aromatic carbocycles. The molecule has 0 aliphatic carbocycles. The smallest absolute Gasteiger partial charge is 0.123 e. The van der Waals surface area contributed by atoms with Gasteiger partial charge in [-0.3, -0.25) is 4.21 Å². The molecule has 0 saturated carbocycles. The van der Waals surface area contributed by atoms with E-state index in [1.165, 1.54) is 23.5 Å². The number of rotatable bonds is 4. The fourth-order valence-electron chi connectivity index (χ4n) is 1.58. The molecule has 1 nitrogen and oxygen atoms in total. The Kier molecular flexibility index (Phi) is 4.54. The van der Waals surface area contributed by atoms with Gasteiger partial charge >= 0.3 is 0 Å². The van der Waals surface area contributed by atoms with Crippen LogP contribution in [-0.4, -0.2) is 4.21 Å². The molecule has 0 aliphatic rings. The van der Waals surface area contributed by atoms with Crippen LogP contribution in [0.4, 0.5) is 4.39 Å². The lowest BCUT2D eigenvalue weighted by atomic mass is 10.2. The maximum Gasteiger partial charge on any atom is 0.123 e. The van der Waals surface area contributed by atoms with Gasteiger partial charge < -0.3 is 0 Å². The second-order valence-corrected chi connectivity index (χ2v) is 7.48. The van der Waals surface area contributed by atoms with Gasteiger partial charge in [-0.2, -0.15) is 0 Å². The lowest BCUT2D eigenvalue weighted by Crippen LogP contribution is -2.04. The molecule has 18 heavy (non-hydrogen) atoms. The topological polar surface area (TPSA) is 17.1 Å². The summed E-state index contributed by atoms with van der Waals surface area (Å²) in [5.74, 6) is 0.206. The Morgan fingerprint density at radius 1 is 1.28 bits per heavy atom. The lowest BCUT2D eigenvalue weighted by Gasteiger charge is -2.11. The van der Waals surface area contributed by atoms with Crippen molar-refractivity contribution in [1.82, 2.24) is 0 Å². The molecular formula is C13H12ClFOS2. The first-order valence-corrected chi connectivity index (χ1v) is 8.01. The number of halogens is 2. The first-order chi connectivity index (χ1) is 8.56. The third-order valence-electron chi connectivity index (χ3n) is 2.65. The van der Waals surface area contributed by atoms with E-state index < -0.39 is 10.8 Å². The molecule has 2 atom stereocenters. The molecule has 0 saturated heterocycles. The minimum absolute atomic E-state index is 0.119. The van der Waals surface area contributed by atoms with E-state index in [9.17, 15) is 8.60 Å². The second kappa shape index (κ2) is 5.95. The Balaban J connectivity index is 2.07. The number of hydrogen-bond acceptors (Lipinski definition) is 2. The van der Waals surface area contributed by atoms with Gasteiger partial charge in [0.05, 0.1) is 15.3 Å². The average Bonchev–Trinajstić information content (AvgIpc) is 2.75. The molecule has 0 unspecified atom stereocenters. The Labute approximate surface area is 117 Å². The number of benzene rings is 1. The van der Waals surface area contributed by atoms with Gasteiger partial charge in [0.2, 0.25) is 0 Å². The van der Waals surface area contributed by atoms with Crippen molar-refractivity contribution in [2.75, 3.05) is 0 Å². The lowest BCUT2D eigenvalue weighted by molar-refractivity contribution is 0.626. The molecule has 1 heterocycles. The third kappa shape index (κ3) is 3.40. The van der Waals surface area contributed by atoms with Gasteiger partial charge in [-0.15, -0.1) is 11.3 Å². The molecule has 0 amide bonds. The molecule has 0 radical (unpaired) electrons. The summed E-state index contributed by atoms with van der Waals surface area (Å²) in [4.78, 5) is 1.01. The molecule has 2 aromatic rings. The quantitative estimate of drug-likeness (QED) is 0.809. The SMILES string of the molecule is C[C@H](c1ccc(F)cc1)[S@@](=O)Cc1ccc(Cl)s1. The van der Waals surface area contributed by atoms with Gasteiger partial charge in [-0.25, -0.2) is 4.39 Å². The predicted molar refractivity (Wildman–Crippen MR) is 76.0 cm³/mol. The first-order valence-electron chi connectivity index (χ1n) is 5.43. The number of hydrogen-bond donors (Lipinski definition) is 0. The van der Waals surface area contributed by atoms with Crippen LogP contribution in [-0.2, 0) is 16.6 Å². The van der Waals surface area contributed by atoms with Crippen molar-refractivity contribution >= 4 is 33.7 Å². The molecule has 2 rings (SSSR count). The first kappa shape index (κ1) is 13.7. The molecule has 0 spiro atoms. The van der Waals surface area contributed by atoms with Crippen molar-refractivity contribution in [2.45, 2.75) is 17.9 Å². The van der Waals surface area contributed by atoms with E-state index in [0.717, 1.165) is 10.4 Å². The molecule has 1 aromatic heterocycles. The Morgan fingerprint density at radius 3 is 2.50 bits per heavy atom. The average molecular weight is 303 g/mol. The second-order valence-electron chi connectivity index (χ2n) is 3.92. The van der Waals surface area contributed by atoms with Crippen molar-refractivity contribution in [2.24, 2.45) is 0 Å². The summed E-state index contributed by atoms with van der Waals surface area (Å²) >= 11 is 7.28. The van der Waals surface area contributed by atoms with Crippen molar-refractivity contribution < 1.29 is 8.60 Å². The van der Waals surface area contributed by atoms with Gasteiger partial charge in [-0.1, -0.05) is 23.7 Å². The monoisotopic (exact) mass is 302 g/mol. The highest BCUT2D eigenvalue weighted by molar-refractivity contribution is 7.84. The van der Waals surface area contributed by atoms with Crippen LogP contribution in [0.3, 0.4) is 0 Å². The molecular weight excluding hydrogens is 291 g/mol. The standard InChI is InChI=1S/C13H12ClFOS2/c1-9(10-2-4-11(15)5-3-10)18(16)8-12-6-7-13(14)17-12/h2-7,9H,8H2,1H3/t9-,18+/m1/s1. The fraction of sp³-hybridized carbons (Fsp3) is 0.231. The van der Waals surface area contributed by atoms with E-state index in [2.05, 4.69) is 0 Å². The Bertz CT molecular complexity index is 550. The third-order valence-corrected chi connectivity index (χ3v) is 5.72. The zero-order valence-electron chi connectivity index (χ0n) is 9.73. The van der Waals surface area contributed by atoms with Crippen LogP contribution in [0.2, 0.25) is 4.34 Å². The highest BCUT2D eigenvalue weighted by Gasteiger charge is 2.15. The summed E-state index contributed by atoms with van der Waals surface area (Å²) in [6, 6.07) is 9.85. The summed E-state index contributed by atoms with van der Waals surface area (Å²) < 4.78 is 25.7. The van der Waals surface area contributed by atoms with Crippen LogP contribution in [0.5, 0.6) is 0 Å². The van der Waals surface area contributed by atoms with Crippen molar-refractivity contribution in [3.05, 3.63) is 57.0 Å². The predicted octanol–water partition coefficient (Wildman–Crippen LogP) is 4.55. The van der Waals surface area contributed by atoms with E-state index in [0.29, 0.717) is 10.1 Å². The normalized spacial score (nSPS) is 14.4. The summed E-state index contributed by atoms with van der Waals surface area (Å²) in [7, 11) is -1.03. The number of thiophene rings is 1. The van der Waals surface area contributed by atoms with Crippen molar-refractivity contribution in [3.8, 4) is 0 Å². The van der Waals surface area contributed by atoms with Crippen LogP contribution in [0.1, 0.15) is 22.6 Å². The highest BCUT2D eigenvalue weighted by Crippen LogP contribution is 2.27. The maximum atomic E-state index is 12.8. The van der Waals surface area contributed by atoms with E-state index >= 15 is 0 Å². The molecule has 0 fully saturated rings. The van der Waals surface area contributed by atoms with Crippen LogP contribution in [0, 0.1) is 5.82 Å². The van der Waals surface area contributed by atoms with E-state index in [1.54, 1.807) is 18.2 Å². The van der Waals surface area contributed by atoms with Gasteiger partial charge in [0.1, 0.15) is 5.82 Å². The van der Waals surface area contributed by atoms with Crippen molar-refractivity contribution in [3.63, 3.8) is 0 Å².